The monoisotopic (exact) mass is 1250 g/mol. The highest BCUT2D eigenvalue weighted by Crippen LogP contribution is 2.58. The summed E-state index contributed by atoms with van der Waals surface area (Å²) in [6.45, 7) is 14.3. The number of phenolic OH excluding ortho intramolecular Hbond substituents is 1. The van der Waals surface area contributed by atoms with Gasteiger partial charge in [0.15, 0.2) is 6.23 Å². The normalized spacial score (nSPS) is 34.8. The van der Waals surface area contributed by atoms with Gasteiger partial charge in [-0.2, -0.15) is 0 Å². The second-order valence-electron chi connectivity index (χ2n) is 26.9. The third kappa shape index (κ3) is 13.5. The summed E-state index contributed by atoms with van der Waals surface area (Å²) in [5, 5.41) is 52.9. The number of fused-ring (bicyclic) bond motifs is 9. The molecule has 1 aromatic carbocycles. The van der Waals surface area contributed by atoms with Crippen LogP contribution in [-0.4, -0.2) is 142 Å². The number of rotatable bonds is 25. The Hall–Kier alpha value is -6.52. The number of carbonyl (C=O) groups excluding carboxylic acids is 7. The second kappa shape index (κ2) is 25.8. The van der Waals surface area contributed by atoms with Crippen LogP contribution >= 0.6 is 7.82 Å². The minimum atomic E-state index is -5.05. The van der Waals surface area contributed by atoms with Gasteiger partial charge in [0.2, 0.25) is 41.4 Å². The minimum Gasteiger partial charge on any atom is -0.508 e. The molecule has 0 aromatic heterocycles. The predicted octanol–water partition coefficient (Wildman–Crippen LogP) is 0.0807. The Labute approximate surface area is 512 Å². The largest absolute Gasteiger partial charge is 0.508 e. The van der Waals surface area contributed by atoms with Gasteiger partial charge in [0.1, 0.15) is 24.1 Å². The highest BCUT2D eigenvalue weighted by atomic mass is 31.2. The second-order valence-corrected chi connectivity index (χ2v) is 28.3. The summed E-state index contributed by atoms with van der Waals surface area (Å²) in [4.78, 5) is 106. The molecule has 1 aromatic rings. The molecule has 5 saturated heterocycles. The first-order valence-corrected chi connectivity index (χ1v) is 31.7. The van der Waals surface area contributed by atoms with E-state index in [1.807, 2.05) is 40.7 Å². The fourth-order valence-corrected chi connectivity index (χ4v) is 17.2. The average Bonchev–Trinajstić information content (AvgIpc) is 1.58. The summed E-state index contributed by atoms with van der Waals surface area (Å²) in [6.07, 6.45) is -4.66. The van der Waals surface area contributed by atoms with Gasteiger partial charge in [0, 0.05) is 121 Å². The maximum atomic E-state index is 14.2. The van der Waals surface area contributed by atoms with Gasteiger partial charge in [-0.25, -0.2) is 4.57 Å². The van der Waals surface area contributed by atoms with Crippen LogP contribution in [-0.2, 0) is 51.9 Å². The third-order valence-corrected chi connectivity index (χ3v) is 21.7. The lowest BCUT2D eigenvalue weighted by molar-refractivity contribution is -0.123. The SMILES string of the molecule is CC1=C2NC(CC3NC(C(C)=C4NC(C=C5NC1C(C)(CC(N)=O)C5CC(N)=O)C(C)(C)C4CCC(N)=O)C(C)(CCC(=O)NCC(C)OP(=O)(O)OC1C(CO)OC(N4CNc5ccc(O)cc54)C1O)C3CC(N)=O)C(C)(CC(N)=O)C2CCC(N)=O. The van der Waals surface area contributed by atoms with Crippen LogP contribution in [0.4, 0.5) is 11.4 Å². The van der Waals surface area contributed by atoms with Crippen molar-refractivity contribution in [2.24, 2.45) is 79.7 Å². The molecule has 88 heavy (non-hydrogen) atoms. The zero-order valence-electron chi connectivity index (χ0n) is 51.4. The molecule has 488 valence electrons. The van der Waals surface area contributed by atoms with E-state index < -0.39 is 156 Å². The van der Waals surface area contributed by atoms with Crippen molar-refractivity contribution in [1.82, 2.24) is 26.6 Å². The molecule has 7 aliphatic rings. The number of phenols is 1. The summed E-state index contributed by atoms with van der Waals surface area (Å²) in [7, 11) is -5.05. The van der Waals surface area contributed by atoms with Crippen LogP contribution in [0.5, 0.6) is 5.75 Å². The number of aliphatic hydroxyl groups excluding tert-OH is 2. The molecule has 28 nitrogen and oxygen atoms in total. The summed E-state index contributed by atoms with van der Waals surface area (Å²) in [6, 6.07) is 1.57. The van der Waals surface area contributed by atoms with E-state index in [1.165, 1.54) is 19.1 Å². The lowest BCUT2D eigenvalue weighted by Crippen LogP contribution is -2.46. The maximum Gasteiger partial charge on any atom is 0.472 e. The topological polar surface area (TPSA) is 477 Å². The van der Waals surface area contributed by atoms with E-state index in [9.17, 15) is 58.3 Å². The summed E-state index contributed by atoms with van der Waals surface area (Å²) in [5.74, 6) is -6.32. The Bertz CT molecular complexity index is 3070. The first-order chi connectivity index (χ1) is 41.0. The average molecular weight is 1250 g/mol. The predicted molar refractivity (Wildman–Crippen MR) is 322 cm³/mol. The Morgan fingerprint density at radius 1 is 0.795 bits per heavy atom. The number of ether oxygens (including phenoxy) is 1. The number of aliphatic hydroxyl groups is 2. The quantitative estimate of drug-likeness (QED) is 0.0455. The van der Waals surface area contributed by atoms with Crippen molar-refractivity contribution in [2.75, 3.05) is 30.0 Å². The zero-order valence-corrected chi connectivity index (χ0v) is 52.3. The Morgan fingerprint density at radius 3 is 2.02 bits per heavy atom. The number of primary amides is 6. The van der Waals surface area contributed by atoms with Crippen LogP contribution in [0.2, 0.25) is 0 Å². The van der Waals surface area contributed by atoms with E-state index >= 15 is 0 Å². The first-order valence-electron chi connectivity index (χ1n) is 30.2. The van der Waals surface area contributed by atoms with Crippen molar-refractivity contribution >= 4 is 60.5 Å². The van der Waals surface area contributed by atoms with E-state index in [2.05, 4.69) is 45.7 Å². The highest BCUT2D eigenvalue weighted by molar-refractivity contribution is 7.47. The van der Waals surface area contributed by atoms with Crippen molar-refractivity contribution in [3.63, 3.8) is 0 Å². The number of hydrogen-bond donors (Lipinski definition) is 16. The van der Waals surface area contributed by atoms with Crippen LogP contribution < -0.4 is 71.2 Å². The highest BCUT2D eigenvalue weighted by Gasteiger charge is 2.60. The lowest BCUT2D eigenvalue weighted by Gasteiger charge is -2.39. The molecule has 7 heterocycles. The molecule has 8 bridgehead atoms. The van der Waals surface area contributed by atoms with Gasteiger partial charge in [-0.05, 0) is 92.6 Å². The van der Waals surface area contributed by atoms with Crippen molar-refractivity contribution in [3.05, 3.63) is 52.5 Å². The molecule has 0 radical (unpaired) electrons. The number of phosphoric ester groups is 1. The number of allylic oxidation sites excluding steroid dienone is 3. The van der Waals surface area contributed by atoms with Gasteiger partial charge in [-0.1, -0.05) is 34.6 Å². The van der Waals surface area contributed by atoms with E-state index in [0.29, 0.717) is 34.8 Å². The fourth-order valence-electron chi connectivity index (χ4n) is 16.0. The number of carbonyl (C=O) groups is 7. The molecule has 7 amide bonds. The number of amides is 7. The summed E-state index contributed by atoms with van der Waals surface area (Å²) < 4.78 is 30.5. The van der Waals surface area contributed by atoms with Crippen LogP contribution in [0.3, 0.4) is 0 Å². The maximum absolute atomic E-state index is 14.2. The Balaban J connectivity index is 1.14. The summed E-state index contributed by atoms with van der Waals surface area (Å²) in [5.41, 5.74) is 37.0. The lowest BCUT2D eigenvalue weighted by atomic mass is 9.63. The minimum absolute atomic E-state index is 0.0224. The number of nitrogens with zero attached hydrogens (tertiary/aromatic N) is 1. The van der Waals surface area contributed by atoms with Gasteiger partial charge in [-0.15, -0.1) is 0 Å². The standard InChI is InChI=1S/C59H92N13O15P/c1-27(86-88(83,84)87-52-39(25-73)85-55(51(52)82)72-26-67-35-12-9-30(74)17-38(35)72)24-66-48(81)15-16-57(6)33(18-44(62)77)37-21-41-58(7,22-46(64)79)32(11-14-43(61)76)50(71-41)29(3)54-59(8,23-47(65)80)34(19-45(63)78)36(69-54)20-40-56(4,5)31(10-13-42(60)75)49(70-40)28(2)53(57)68-37/h9,12,17,20,27,31-34,37,39-41,51-55,67-71,73-74,82H,10-11,13-16,18-19,21-26H2,1-8H3,(H2,60,75)(H2,61,76)(H2,62,77)(H2,63,78)(H2,64,79)(H2,65,80)(H,66,81)(H,83,84). The van der Waals surface area contributed by atoms with E-state index in [4.69, 9.17) is 48.2 Å². The number of nitrogens with two attached hydrogens (primary N) is 6. The molecular formula is C59H92N13O15P. The summed E-state index contributed by atoms with van der Waals surface area (Å²) >= 11 is 0. The van der Waals surface area contributed by atoms with Gasteiger partial charge in [0.25, 0.3) is 0 Å². The number of hydrogen-bond acceptors (Lipinski definition) is 20. The Morgan fingerprint density at radius 2 is 1.41 bits per heavy atom. The third-order valence-electron chi connectivity index (χ3n) is 20.6. The Kier molecular flexibility index (Phi) is 19.7. The van der Waals surface area contributed by atoms with Gasteiger partial charge >= 0.3 is 7.82 Å². The molecule has 0 aliphatic carbocycles. The van der Waals surface area contributed by atoms with Gasteiger partial charge in [0.05, 0.1) is 42.8 Å². The molecular weight excluding hydrogens is 1160 g/mol. The number of anilines is 2. The number of phosphoric acid groups is 1. The molecule has 5 fully saturated rings. The first kappa shape index (κ1) is 67.4. The zero-order chi connectivity index (χ0) is 64.9. The van der Waals surface area contributed by atoms with E-state index in [1.54, 1.807) is 11.0 Å². The van der Waals surface area contributed by atoms with Gasteiger partial charge < -0.3 is 96.2 Å². The molecule has 29 heteroatoms. The molecule has 7 aliphatic heterocycles. The van der Waals surface area contributed by atoms with Crippen LogP contribution in [0.15, 0.2) is 52.5 Å². The van der Waals surface area contributed by atoms with Crippen LogP contribution in [0, 0.1) is 45.3 Å². The molecule has 8 rings (SSSR count). The number of aromatic hydroxyl groups is 1. The number of nitrogens with one attached hydrogen (secondary N) is 6. The van der Waals surface area contributed by atoms with E-state index in [0.717, 1.165) is 11.3 Å². The molecule has 18 unspecified atom stereocenters. The molecule has 0 spiro atoms. The molecule has 18 atom stereocenters. The smallest absolute Gasteiger partial charge is 0.472 e. The van der Waals surface area contributed by atoms with Crippen LogP contribution in [0.1, 0.15) is 126 Å². The van der Waals surface area contributed by atoms with Gasteiger partial charge in [-0.3, -0.25) is 42.6 Å². The number of benzene rings is 1. The van der Waals surface area contributed by atoms with Crippen molar-refractivity contribution in [1.29, 1.82) is 0 Å². The fraction of sp³-hybridized carbons (Fsp3) is 0.678. The van der Waals surface area contributed by atoms with Crippen molar-refractivity contribution < 1.29 is 72.1 Å². The van der Waals surface area contributed by atoms with Crippen LogP contribution in [0.25, 0.3) is 0 Å². The van der Waals surface area contributed by atoms with E-state index in [-0.39, 0.29) is 89.1 Å². The van der Waals surface area contributed by atoms with Crippen molar-refractivity contribution in [3.8, 4) is 5.75 Å². The molecule has 22 N–H and O–H groups in total. The molecule has 0 saturated carbocycles. The van der Waals surface area contributed by atoms with Crippen molar-refractivity contribution in [2.45, 2.75) is 187 Å².